The smallest absolute Gasteiger partial charge is 0.541 e. The zero-order valence-corrected chi connectivity index (χ0v) is 9.02. The van der Waals surface area contributed by atoms with Gasteiger partial charge in [-0.3, -0.25) is 4.79 Å². The zero-order chi connectivity index (χ0) is 8.97. The van der Waals surface area contributed by atoms with Crippen molar-refractivity contribution < 1.29 is 48.7 Å². The monoisotopic (exact) mass is 188 g/mol. The average Bonchev–Trinajstić information content (AvgIpc) is 2.51. The Morgan fingerprint density at radius 3 is 2.62 bits per heavy atom. The summed E-state index contributed by atoms with van der Waals surface area (Å²) in [5, 5.41) is 9.92. The summed E-state index contributed by atoms with van der Waals surface area (Å²) in [6.07, 6.45) is 3.56. The van der Waals surface area contributed by atoms with E-state index in [0.29, 0.717) is 5.76 Å². The Hall–Kier alpha value is -0.840. The minimum Gasteiger partial charge on any atom is -0.541 e. The van der Waals surface area contributed by atoms with Crippen molar-refractivity contribution in [2.24, 2.45) is 0 Å². The van der Waals surface area contributed by atoms with Crippen LogP contribution in [-0.4, -0.2) is 11.8 Å². The Morgan fingerprint density at radius 2 is 2.15 bits per heavy atom. The molecule has 0 spiro atoms. The van der Waals surface area contributed by atoms with E-state index in [1.807, 2.05) is 0 Å². The summed E-state index contributed by atoms with van der Waals surface area (Å²) in [5.74, 6) is -2.38. The van der Waals surface area contributed by atoms with Crippen LogP contribution in [-0.2, 0) is 9.59 Å². The summed E-state index contributed by atoms with van der Waals surface area (Å²) in [5.41, 5.74) is 0. The Labute approximate surface area is 96.5 Å². The van der Waals surface area contributed by atoms with E-state index in [-0.39, 0.29) is 29.6 Å². The Kier molecular flexibility index (Phi) is 5.37. The van der Waals surface area contributed by atoms with Crippen molar-refractivity contribution >= 4 is 17.8 Å². The topological polar surface area (TPSA) is 70.3 Å². The molecule has 62 valence electrons. The fourth-order valence-electron chi connectivity index (χ4n) is 0.612. The van der Waals surface area contributed by atoms with Gasteiger partial charge < -0.3 is 14.3 Å². The van der Waals surface area contributed by atoms with Crippen molar-refractivity contribution in [1.82, 2.24) is 0 Å². The number of carboxylic acid groups (broad SMARTS) is 1. The van der Waals surface area contributed by atoms with Crippen molar-refractivity contribution in [3.8, 4) is 0 Å². The fraction of sp³-hybridized carbons (Fsp3) is 0. The van der Waals surface area contributed by atoms with Crippen LogP contribution in [0.2, 0.25) is 0 Å². The summed E-state index contributed by atoms with van der Waals surface area (Å²) in [6.45, 7) is 0. The number of aliphatic carboxylic acids is 1. The molecule has 0 bridgehead atoms. The second-order valence-electron chi connectivity index (χ2n) is 2.00. The molecule has 1 heterocycles. The summed E-state index contributed by atoms with van der Waals surface area (Å²) in [6, 6.07) is 3.22. The number of hydrogen-bond acceptors (Lipinski definition) is 4. The predicted molar refractivity (Wildman–Crippen MR) is 37.8 cm³/mol. The first kappa shape index (κ1) is 12.2. The average molecular weight is 188 g/mol. The van der Waals surface area contributed by atoms with Gasteiger partial charge in [-0.05, 0) is 24.3 Å². The van der Waals surface area contributed by atoms with Gasteiger partial charge in [0.05, 0.1) is 6.26 Å². The Bertz CT molecular complexity index is 313. The summed E-state index contributed by atoms with van der Waals surface area (Å²) >= 11 is 0. The molecule has 13 heavy (non-hydrogen) atoms. The van der Waals surface area contributed by atoms with Crippen LogP contribution in [0.15, 0.2) is 28.9 Å². The zero-order valence-electron chi connectivity index (χ0n) is 7.02. The molecule has 0 atom stereocenters. The van der Waals surface area contributed by atoms with E-state index in [1.54, 1.807) is 12.1 Å². The third-order valence-electron chi connectivity index (χ3n) is 1.14. The molecular formula is C8H5NaO4. The minimum absolute atomic E-state index is 0. The van der Waals surface area contributed by atoms with Crippen LogP contribution >= 0.6 is 0 Å². The molecule has 1 aromatic heterocycles. The number of rotatable bonds is 3. The van der Waals surface area contributed by atoms with Gasteiger partial charge in [-0.15, -0.1) is 0 Å². The standard InChI is InChI=1S/C8H6O4.Na/c9-7(8(10)11)4-3-6-2-1-5-12-6;/h1-5H,(H,10,11);/q;+1/p-1/b4-3-;. The molecule has 0 saturated heterocycles. The van der Waals surface area contributed by atoms with Gasteiger partial charge in [-0.25, -0.2) is 0 Å². The van der Waals surface area contributed by atoms with Gasteiger partial charge in [-0.1, -0.05) is 0 Å². The molecule has 0 N–H and O–H groups in total. The summed E-state index contributed by atoms with van der Waals surface area (Å²) in [7, 11) is 0. The molecule has 0 unspecified atom stereocenters. The summed E-state index contributed by atoms with van der Waals surface area (Å²) < 4.78 is 4.81. The van der Waals surface area contributed by atoms with Gasteiger partial charge in [0, 0.05) is 0 Å². The first-order valence-electron chi connectivity index (χ1n) is 3.17. The first-order valence-corrected chi connectivity index (χ1v) is 3.17. The molecule has 0 saturated carbocycles. The van der Waals surface area contributed by atoms with Gasteiger partial charge in [0.25, 0.3) is 0 Å². The Balaban J connectivity index is 0.00000144. The normalized spacial score (nSPS) is 9.54. The van der Waals surface area contributed by atoms with Crippen LogP contribution in [0.1, 0.15) is 5.76 Å². The molecule has 0 amide bonds. The quantitative estimate of drug-likeness (QED) is 0.282. The minimum atomic E-state index is -1.72. The molecule has 0 aliphatic carbocycles. The number of carbonyl (C=O) groups is 2. The van der Waals surface area contributed by atoms with E-state index in [2.05, 4.69) is 0 Å². The Morgan fingerprint density at radius 1 is 1.46 bits per heavy atom. The second kappa shape index (κ2) is 5.75. The molecule has 5 heteroatoms. The number of carbonyl (C=O) groups excluding carboxylic acids is 2. The van der Waals surface area contributed by atoms with Crippen LogP contribution in [0.3, 0.4) is 0 Å². The van der Waals surface area contributed by atoms with E-state index in [0.717, 1.165) is 6.08 Å². The largest absolute Gasteiger partial charge is 1.00 e. The van der Waals surface area contributed by atoms with Crippen LogP contribution in [0, 0.1) is 0 Å². The molecule has 0 aromatic carbocycles. The second-order valence-corrected chi connectivity index (χ2v) is 2.00. The van der Waals surface area contributed by atoms with Crippen molar-refractivity contribution in [3.63, 3.8) is 0 Å². The molecule has 1 aromatic rings. The predicted octanol–water partition coefficient (Wildman–Crippen LogP) is -3.38. The fourth-order valence-corrected chi connectivity index (χ4v) is 0.612. The van der Waals surface area contributed by atoms with Crippen molar-refractivity contribution in [3.05, 3.63) is 30.2 Å². The SMILES string of the molecule is O=C([O-])C(=O)/C=C\c1ccco1.[Na+]. The number of carboxylic acids is 1. The van der Waals surface area contributed by atoms with E-state index in [9.17, 15) is 14.7 Å². The third kappa shape index (κ3) is 4.07. The molecule has 0 radical (unpaired) electrons. The molecule has 1 rings (SSSR count). The first-order chi connectivity index (χ1) is 5.70. The van der Waals surface area contributed by atoms with Crippen molar-refractivity contribution in [2.75, 3.05) is 0 Å². The van der Waals surface area contributed by atoms with Crippen molar-refractivity contribution in [1.29, 1.82) is 0 Å². The van der Waals surface area contributed by atoms with Gasteiger partial charge in [-0.2, -0.15) is 0 Å². The van der Waals surface area contributed by atoms with Crippen LogP contribution in [0.5, 0.6) is 0 Å². The van der Waals surface area contributed by atoms with Gasteiger partial charge in [0.1, 0.15) is 11.7 Å². The molecule has 0 aliphatic heterocycles. The van der Waals surface area contributed by atoms with Gasteiger partial charge >= 0.3 is 29.6 Å². The molecule has 0 fully saturated rings. The maximum atomic E-state index is 10.4. The summed E-state index contributed by atoms with van der Waals surface area (Å²) in [4.78, 5) is 20.4. The molecular weight excluding hydrogens is 183 g/mol. The van der Waals surface area contributed by atoms with Crippen LogP contribution in [0.4, 0.5) is 0 Å². The van der Waals surface area contributed by atoms with Gasteiger partial charge in [0.15, 0.2) is 0 Å². The maximum Gasteiger partial charge on any atom is 1.00 e. The van der Waals surface area contributed by atoms with Crippen LogP contribution < -0.4 is 34.7 Å². The van der Waals surface area contributed by atoms with E-state index >= 15 is 0 Å². The number of ketones is 1. The molecule has 0 aliphatic rings. The van der Waals surface area contributed by atoms with E-state index in [1.165, 1.54) is 12.3 Å². The van der Waals surface area contributed by atoms with Gasteiger partial charge in [0.2, 0.25) is 5.78 Å². The van der Waals surface area contributed by atoms with Crippen LogP contribution in [0.25, 0.3) is 6.08 Å². The molecule has 4 nitrogen and oxygen atoms in total. The van der Waals surface area contributed by atoms with E-state index in [4.69, 9.17) is 4.42 Å². The van der Waals surface area contributed by atoms with E-state index < -0.39 is 11.8 Å². The van der Waals surface area contributed by atoms with Crippen molar-refractivity contribution in [2.45, 2.75) is 0 Å². The number of hydrogen-bond donors (Lipinski definition) is 0. The maximum absolute atomic E-state index is 10.4. The number of furan rings is 1. The third-order valence-corrected chi connectivity index (χ3v) is 1.14.